The van der Waals surface area contributed by atoms with Crippen LogP contribution in [0.5, 0.6) is 5.75 Å². The third-order valence-corrected chi connectivity index (χ3v) is 5.83. The van der Waals surface area contributed by atoms with Gasteiger partial charge in [-0.1, -0.05) is 29.1 Å². The van der Waals surface area contributed by atoms with Crippen LogP contribution in [0.25, 0.3) is 6.08 Å². The van der Waals surface area contributed by atoms with Crippen LogP contribution in [-0.2, 0) is 16.1 Å². The van der Waals surface area contributed by atoms with Crippen molar-refractivity contribution in [3.63, 3.8) is 0 Å². The summed E-state index contributed by atoms with van der Waals surface area (Å²) >= 11 is 1.31. The van der Waals surface area contributed by atoms with Gasteiger partial charge < -0.3 is 14.8 Å². The standard InChI is InChI=1S/C21H26N4O4S/c1-4-29-21(27)20-18(11-16-12-22-10-9-19(16)30-14(2)26)23-24-25(20)13-15-5-7-17(28-3)8-6-15/h5-8,11,19,22H,4,9-10,12-13H2,1-3H3. The maximum Gasteiger partial charge on any atom is 0.358 e. The minimum atomic E-state index is -0.470. The van der Waals surface area contributed by atoms with Crippen LogP contribution in [-0.4, -0.2) is 58.1 Å². The Morgan fingerprint density at radius 1 is 1.33 bits per heavy atom. The molecular weight excluding hydrogens is 404 g/mol. The van der Waals surface area contributed by atoms with Crippen molar-refractivity contribution in [2.75, 3.05) is 26.8 Å². The molecule has 0 radical (unpaired) electrons. The minimum absolute atomic E-state index is 0.0607. The third-order valence-electron chi connectivity index (χ3n) is 4.68. The molecule has 2 heterocycles. The van der Waals surface area contributed by atoms with Crippen LogP contribution < -0.4 is 10.1 Å². The number of carbonyl (C=O) groups is 2. The van der Waals surface area contributed by atoms with Crippen molar-refractivity contribution in [2.24, 2.45) is 0 Å². The molecule has 1 atom stereocenters. The Bertz CT molecular complexity index is 924. The second kappa shape index (κ2) is 10.4. The van der Waals surface area contributed by atoms with E-state index in [0.29, 0.717) is 24.5 Å². The molecule has 0 bridgehead atoms. The Hall–Kier alpha value is -2.65. The van der Waals surface area contributed by atoms with E-state index in [-0.39, 0.29) is 17.0 Å². The maximum atomic E-state index is 12.7. The highest BCUT2D eigenvalue weighted by Crippen LogP contribution is 2.27. The Kier molecular flexibility index (Phi) is 7.64. The Labute approximate surface area is 180 Å². The van der Waals surface area contributed by atoms with Gasteiger partial charge in [0.25, 0.3) is 0 Å². The van der Waals surface area contributed by atoms with Gasteiger partial charge in [0.1, 0.15) is 11.4 Å². The lowest BCUT2D eigenvalue weighted by Crippen LogP contribution is -2.32. The van der Waals surface area contributed by atoms with Crippen LogP contribution in [0.1, 0.15) is 42.0 Å². The summed E-state index contributed by atoms with van der Waals surface area (Å²) in [7, 11) is 1.61. The molecule has 0 saturated carbocycles. The summed E-state index contributed by atoms with van der Waals surface area (Å²) in [4.78, 5) is 24.3. The number of methoxy groups -OCH3 is 1. The molecule has 1 N–H and O–H groups in total. The van der Waals surface area contributed by atoms with E-state index in [1.165, 1.54) is 11.8 Å². The van der Waals surface area contributed by atoms with E-state index in [0.717, 1.165) is 29.9 Å². The predicted octanol–water partition coefficient (Wildman–Crippen LogP) is 2.54. The van der Waals surface area contributed by atoms with Gasteiger partial charge >= 0.3 is 5.97 Å². The van der Waals surface area contributed by atoms with Crippen molar-refractivity contribution >= 4 is 28.9 Å². The van der Waals surface area contributed by atoms with E-state index in [2.05, 4.69) is 15.6 Å². The summed E-state index contributed by atoms with van der Waals surface area (Å²) in [5.41, 5.74) is 2.73. The summed E-state index contributed by atoms with van der Waals surface area (Å²) in [6.07, 6.45) is 2.70. The summed E-state index contributed by atoms with van der Waals surface area (Å²) in [6.45, 7) is 5.44. The molecule has 1 aromatic heterocycles. The van der Waals surface area contributed by atoms with Crippen LogP contribution in [0.2, 0.25) is 0 Å². The van der Waals surface area contributed by atoms with Gasteiger partial charge in [0, 0.05) is 18.7 Å². The number of ether oxygens (including phenoxy) is 2. The molecule has 2 aromatic rings. The van der Waals surface area contributed by atoms with Crippen molar-refractivity contribution in [1.29, 1.82) is 0 Å². The molecule has 1 aliphatic rings. The highest BCUT2D eigenvalue weighted by Gasteiger charge is 2.25. The monoisotopic (exact) mass is 430 g/mol. The number of esters is 1. The molecule has 0 spiro atoms. The van der Waals surface area contributed by atoms with Gasteiger partial charge in [-0.25, -0.2) is 9.48 Å². The van der Waals surface area contributed by atoms with Gasteiger partial charge in [0.15, 0.2) is 10.8 Å². The first-order valence-corrected chi connectivity index (χ1v) is 10.7. The van der Waals surface area contributed by atoms with Gasteiger partial charge in [0.2, 0.25) is 0 Å². The van der Waals surface area contributed by atoms with Gasteiger partial charge in [-0.2, -0.15) is 0 Å². The molecule has 9 heteroatoms. The number of hydrogen-bond acceptors (Lipinski definition) is 8. The first-order chi connectivity index (χ1) is 14.5. The minimum Gasteiger partial charge on any atom is -0.497 e. The average Bonchev–Trinajstić information content (AvgIpc) is 3.12. The quantitative estimate of drug-likeness (QED) is 0.670. The van der Waals surface area contributed by atoms with Gasteiger partial charge in [-0.15, -0.1) is 5.10 Å². The summed E-state index contributed by atoms with van der Waals surface area (Å²) in [5.74, 6) is 0.287. The number of rotatable bonds is 7. The fourth-order valence-corrected chi connectivity index (χ4v) is 4.21. The van der Waals surface area contributed by atoms with Crippen LogP contribution in [0, 0.1) is 0 Å². The number of aromatic nitrogens is 3. The molecule has 1 aromatic carbocycles. The molecule has 0 aliphatic carbocycles. The zero-order chi connectivity index (χ0) is 21.5. The molecule has 1 saturated heterocycles. The maximum absolute atomic E-state index is 12.7. The lowest BCUT2D eigenvalue weighted by molar-refractivity contribution is -0.109. The number of nitrogens with one attached hydrogen (secondary N) is 1. The number of benzene rings is 1. The van der Waals surface area contributed by atoms with Crippen molar-refractivity contribution < 1.29 is 19.1 Å². The molecule has 3 rings (SSSR count). The first-order valence-electron chi connectivity index (χ1n) is 9.83. The molecule has 160 valence electrons. The highest BCUT2D eigenvalue weighted by molar-refractivity contribution is 8.14. The Balaban J connectivity index is 1.93. The van der Waals surface area contributed by atoms with Crippen molar-refractivity contribution in [3.05, 3.63) is 46.8 Å². The number of piperidine rings is 1. The zero-order valence-electron chi connectivity index (χ0n) is 17.4. The highest BCUT2D eigenvalue weighted by atomic mass is 32.2. The molecule has 1 fully saturated rings. The van der Waals surface area contributed by atoms with Crippen LogP contribution in [0.3, 0.4) is 0 Å². The van der Waals surface area contributed by atoms with Crippen molar-refractivity contribution in [2.45, 2.75) is 32.1 Å². The molecule has 1 aliphatic heterocycles. The molecular formula is C21H26N4O4S. The predicted molar refractivity (Wildman–Crippen MR) is 116 cm³/mol. The van der Waals surface area contributed by atoms with E-state index < -0.39 is 5.97 Å². The normalized spacial score (nSPS) is 17.7. The van der Waals surface area contributed by atoms with E-state index in [1.54, 1.807) is 25.6 Å². The molecule has 30 heavy (non-hydrogen) atoms. The van der Waals surface area contributed by atoms with E-state index in [1.807, 2.05) is 30.3 Å². The molecule has 1 unspecified atom stereocenters. The Morgan fingerprint density at radius 2 is 2.10 bits per heavy atom. The summed E-state index contributed by atoms with van der Waals surface area (Å²) < 4.78 is 12.0. The van der Waals surface area contributed by atoms with E-state index >= 15 is 0 Å². The fraction of sp³-hybridized carbons (Fsp3) is 0.429. The van der Waals surface area contributed by atoms with Crippen LogP contribution in [0.4, 0.5) is 0 Å². The Morgan fingerprint density at radius 3 is 2.77 bits per heavy atom. The molecule has 0 amide bonds. The number of hydrogen-bond donors (Lipinski definition) is 1. The first kappa shape index (κ1) is 22.0. The van der Waals surface area contributed by atoms with Crippen molar-refractivity contribution in [1.82, 2.24) is 20.3 Å². The van der Waals surface area contributed by atoms with E-state index in [4.69, 9.17) is 9.47 Å². The number of nitrogens with zero attached hydrogens (tertiary/aromatic N) is 3. The second-order valence-electron chi connectivity index (χ2n) is 6.83. The van der Waals surface area contributed by atoms with Crippen LogP contribution >= 0.6 is 11.8 Å². The number of carbonyl (C=O) groups excluding carboxylic acids is 2. The SMILES string of the molecule is CCOC(=O)c1c(C=C2CNCCC2SC(C)=O)nnn1Cc1ccc(OC)cc1. The fourth-order valence-electron chi connectivity index (χ4n) is 3.27. The summed E-state index contributed by atoms with van der Waals surface area (Å²) in [5, 5.41) is 11.9. The van der Waals surface area contributed by atoms with Gasteiger partial charge in [0.05, 0.1) is 20.3 Å². The topological polar surface area (TPSA) is 95.3 Å². The molecule has 8 nitrogen and oxygen atoms in total. The van der Waals surface area contributed by atoms with Crippen molar-refractivity contribution in [3.8, 4) is 5.75 Å². The lowest BCUT2D eigenvalue weighted by atomic mass is 10.0. The number of thioether (sulfide) groups is 1. The zero-order valence-corrected chi connectivity index (χ0v) is 18.2. The average molecular weight is 431 g/mol. The van der Waals surface area contributed by atoms with Gasteiger partial charge in [-0.05, 0) is 49.2 Å². The largest absolute Gasteiger partial charge is 0.497 e. The smallest absolute Gasteiger partial charge is 0.358 e. The summed E-state index contributed by atoms with van der Waals surface area (Å²) in [6, 6.07) is 7.54. The van der Waals surface area contributed by atoms with Crippen LogP contribution in [0.15, 0.2) is 29.8 Å². The lowest BCUT2D eigenvalue weighted by Gasteiger charge is -2.24. The third kappa shape index (κ3) is 5.48. The second-order valence-corrected chi connectivity index (χ2v) is 8.21. The van der Waals surface area contributed by atoms with E-state index in [9.17, 15) is 9.59 Å². The van der Waals surface area contributed by atoms with Gasteiger partial charge in [-0.3, -0.25) is 4.79 Å².